The highest BCUT2D eigenvalue weighted by Gasteiger charge is 2.53. The molecule has 0 amide bonds. The number of carbonyl (C=O) groups is 1. The molecule has 3 fully saturated rings. The van der Waals surface area contributed by atoms with Gasteiger partial charge in [-0.15, -0.1) is 0 Å². The van der Waals surface area contributed by atoms with Crippen LogP contribution in [-0.4, -0.2) is 36.0 Å². The smallest absolute Gasteiger partial charge is 0.338 e. The van der Waals surface area contributed by atoms with E-state index < -0.39 is 10.9 Å². The first-order chi connectivity index (χ1) is 11.6. The second kappa shape index (κ2) is 6.14. The van der Waals surface area contributed by atoms with Crippen LogP contribution in [0.3, 0.4) is 0 Å². The Hall–Kier alpha value is -1.99. The van der Waals surface area contributed by atoms with Crippen molar-refractivity contribution in [2.45, 2.75) is 44.2 Å². The average molecular weight is 333 g/mol. The summed E-state index contributed by atoms with van der Waals surface area (Å²) < 4.78 is 17.3. The molecule has 7 heteroatoms. The summed E-state index contributed by atoms with van der Waals surface area (Å²) >= 11 is 0. The summed E-state index contributed by atoms with van der Waals surface area (Å²) in [6.07, 6.45) is 3.47. The molecule has 3 aliphatic rings. The molecule has 5 atom stereocenters. The van der Waals surface area contributed by atoms with Gasteiger partial charge in [-0.25, -0.2) is 4.79 Å². The molecule has 1 saturated carbocycles. The zero-order valence-corrected chi connectivity index (χ0v) is 13.1. The Bertz CT molecular complexity index is 645. The van der Waals surface area contributed by atoms with Crippen LogP contribution in [0.1, 0.15) is 36.0 Å². The van der Waals surface area contributed by atoms with Crippen LogP contribution >= 0.6 is 0 Å². The van der Waals surface area contributed by atoms with Gasteiger partial charge < -0.3 is 14.2 Å². The molecule has 0 unspecified atom stereocenters. The van der Waals surface area contributed by atoms with Gasteiger partial charge in [-0.1, -0.05) is 0 Å². The van der Waals surface area contributed by atoms with Crippen LogP contribution < -0.4 is 0 Å². The van der Waals surface area contributed by atoms with E-state index in [2.05, 4.69) is 0 Å². The quantitative estimate of drug-likeness (QED) is 0.480. The minimum absolute atomic E-state index is 0.0422. The highest BCUT2D eigenvalue weighted by Crippen LogP contribution is 2.47. The average Bonchev–Trinajstić information content (AvgIpc) is 3.16. The first-order valence-electron chi connectivity index (χ1n) is 8.36. The van der Waals surface area contributed by atoms with Gasteiger partial charge in [0.25, 0.3) is 5.69 Å². The molecule has 1 aliphatic carbocycles. The Balaban J connectivity index is 1.47. The maximum absolute atomic E-state index is 12.4. The fraction of sp³-hybridized carbons (Fsp3) is 0.588. The van der Waals surface area contributed by atoms with Gasteiger partial charge in [0.05, 0.1) is 23.2 Å². The number of ether oxygens (including phenoxy) is 3. The molecule has 0 aromatic heterocycles. The molecule has 2 saturated heterocycles. The standard InChI is InChI=1S/C17H19NO6/c19-16(10-4-6-11(7-5-10)18(20)21)23-13-2-1-3-14-15(13)12-8-9-22-17(12)24-14/h4-7,12-15,17H,1-3,8-9H2/t12-,13+,14-,15+,17+/m0/s1. The normalized spacial score (nSPS) is 34.4. The van der Waals surface area contributed by atoms with Crippen LogP contribution in [0.25, 0.3) is 0 Å². The van der Waals surface area contributed by atoms with Crippen molar-refractivity contribution in [1.82, 2.24) is 0 Å². The molecular formula is C17H19NO6. The number of nitro groups is 1. The predicted molar refractivity (Wildman–Crippen MR) is 82.4 cm³/mol. The number of benzene rings is 1. The Kier molecular flexibility index (Phi) is 3.97. The SMILES string of the molecule is O=C(O[C@@H]1CCC[C@@H]2O[C@H]3OCC[C@H]3[C@@H]21)c1ccc([N+](=O)[O-])cc1. The van der Waals surface area contributed by atoms with Crippen molar-refractivity contribution >= 4 is 11.7 Å². The molecule has 2 heterocycles. The van der Waals surface area contributed by atoms with E-state index in [-0.39, 0.29) is 30.1 Å². The molecule has 128 valence electrons. The summed E-state index contributed by atoms with van der Waals surface area (Å²) in [6, 6.07) is 5.51. The maximum atomic E-state index is 12.4. The lowest BCUT2D eigenvalue weighted by Crippen LogP contribution is -2.39. The van der Waals surface area contributed by atoms with Gasteiger partial charge in [-0.2, -0.15) is 0 Å². The van der Waals surface area contributed by atoms with Crippen molar-refractivity contribution in [3.8, 4) is 0 Å². The lowest BCUT2D eigenvalue weighted by atomic mass is 9.77. The summed E-state index contributed by atoms with van der Waals surface area (Å²) in [4.78, 5) is 22.6. The van der Waals surface area contributed by atoms with Gasteiger partial charge in [0.1, 0.15) is 6.10 Å². The summed E-state index contributed by atoms with van der Waals surface area (Å²) in [5.74, 6) is 0.0520. The number of hydrogen-bond donors (Lipinski definition) is 0. The lowest BCUT2D eigenvalue weighted by molar-refractivity contribution is -0.384. The van der Waals surface area contributed by atoms with E-state index in [1.165, 1.54) is 24.3 Å². The molecule has 7 nitrogen and oxygen atoms in total. The van der Waals surface area contributed by atoms with Crippen molar-refractivity contribution in [2.75, 3.05) is 6.61 Å². The number of esters is 1. The van der Waals surface area contributed by atoms with E-state index in [4.69, 9.17) is 14.2 Å². The van der Waals surface area contributed by atoms with Crippen molar-refractivity contribution in [1.29, 1.82) is 0 Å². The van der Waals surface area contributed by atoms with E-state index in [1.54, 1.807) is 0 Å². The Morgan fingerprint density at radius 2 is 2.00 bits per heavy atom. The molecule has 0 spiro atoms. The number of fused-ring (bicyclic) bond motifs is 3. The number of carbonyl (C=O) groups excluding carboxylic acids is 1. The van der Waals surface area contributed by atoms with Gasteiger partial charge in [0, 0.05) is 24.0 Å². The van der Waals surface area contributed by atoms with Crippen LogP contribution in [0, 0.1) is 22.0 Å². The van der Waals surface area contributed by atoms with Gasteiger partial charge >= 0.3 is 5.97 Å². The highest BCUT2D eigenvalue weighted by atomic mass is 16.7. The second-order valence-corrected chi connectivity index (χ2v) is 6.62. The number of nitrogens with zero attached hydrogens (tertiary/aromatic N) is 1. The fourth-order valence-corrected chi connectivity index (χ4v) is 4.18. The minimum atomic E-state index is -0.489. The Morgan fingerprint density at radius 3 is 2.75 bits per heavy atom. The molecule has 2 aliphatic heterocycles. The largest absolute Gasteiger partial charge is 0.458 e. The monoisotopic (exact) mass is 333 g/mol. The van der Waals surface area contributed by atoms with Gasteiger partial charge in [0.15, 0.2) is 6.29 Å². The Labute approximate surface area is 139 Å². The zero-order chi connectivity index (χ0) is 16.7. The van der Waals surface area contributed by atoms with E-state index in [0.717, 1.165) is 25.7 Å². The zero-order valence-electron chi connectivity index (χ0n) is 13.1. The van der Waals surface area contributed by atoms with Crippen LogP contribution in [0.2, 0.25) is 0 Å². The third-order valence-electron chi connectivity index (χ3n) is 5.29. The van der Waals surface area contributed by atoms with Crippen molar-refractivity contribution < 1.29 is 23.9 Å². The Morgan fingerprint density at radius 1 is 1.21 bits per heavy atom. The van der Waals surface area contributed by atoms with Crippen molar-refractivity contribution in [3.63, 3.8) is 0 Å². The van der Waals surface area contributed by atoms with Crippen LogP contribution in [0.5, 0.6) is 0 Å². The molecule has 0 bridgehead atoms. The van der Waals surface area contributed by atoms with Crippen molar-refractivity contribution in [2.24, 2.45) is 11.8 Å². The third kappa shape index (κ3) is 2.67. The highest BCUT2D eigenvalue weighted by molar-refractivity contribution is 5.89. The van der Waals surface area contributed by atoms with E-state index >= 15 is 0 Å². The minimum Gasteiger partial charge on any atom is -0.458 e. The topological polar surface area (TPSA) is 87.9 Å². The predicted octanol–water partition coefficient (Wildman–Crippen LogP) is 2.68. The van der Waals surface area contributed by atoms with Crippen molar-refractivity contribution in [3.05, 3.63) is 39.9 Å². The van der Waals surface area contributed by atoms with Crippen LogP contribution in [-0.2, 0) is 14.2 Å². The number of nitro benzene ring substituents is 1. The van der Waals surface area contributed by atoms with Crippen LogP contribution in [0.15, 0.2) is 24.3 Å². The van der Waals surface area contributed by atoms with E-state index in [9.17, 15) is 14.9 Å². The van der Waals surface area contributed by atoms with Gasteiger partial charge in [0.2, 0.25) is 0 Å². The summed E-state index contributed by atoms with van der Waals surface area (Å²) in [5.41, 5.74) is 0.292. The molecule has 0 radical (unpaired) electrons. The molecular weight excluding hydrogens is 314 g/mol. The lowest BCUT2D eigenvalue weighted by Gasteiger charge is -2.34. The number of non-ortho nitro benzene ring substituents is 1. The molecule has 4 rings (SSSR count). The maximum Gasteiger partial charge on any atom is 0.338 e. The second-order valence-electron chi connectivity index (χ2n) is 6.62. The number of hydrogen-bond acceptors (Lipinski definition) is 6. The van der Waals surface area contributed by atoms with Gasteiger partial charge in [-0.05, 0) is 37.8 Å². The first-order valence-corrected chi connectivity index (χ1v) is 8.36. The summed E-state index contributed by atoms with van der Waals surface area (Å²) in [7, 11) is 0. The first kappa shape index (κ1) is 15.5. The fourth-order valence-electron chi connectivity index (χ4n) is 4.18. The third-order valence-corrected chi connectivity index (χ3v) is 5.29. The summed E-state index contributed by atoms with van der Waals surface area (Å²) in [6.45, 7) is 0.696. The van der Waals surface area contributed by atoms with Gasteiger partial charge in [-0.3, -0.25) is 10.1 Å². The van der Waals surface area contributed by atoms with E-state index in [0.29, 0.717) is 18.1 Å². The molecule has 1 aromatic carbocycles. The molecule has 0 N–H and O–H groups in total. The number of rotatable bonds is 3. The molecule has 1 aromatic rings. The van der Waals surface area contributed by atoms with E-state index in [1.807, 2.05) is 0 Å². The summed E-state index contributed by atoms with van der Waals surface area (Å²) in [5, 5.41) is 10.7. The molecule has 24 heavy (non-hydrogen) atoms. The van der Waals surface area contributed by atoms with Crippen LogP contribution in [0.4, 0.5) is 5.69 Å².